The van der Waals surface area contributed by atoms with Crippen LogP contribution < -0.4 is 0 Å². The fourth-order valence-corrected chi connectivity index (χ4v) is 0.679. The van der Waals surface area contributed by atoms with Crippen LogP contribution in [0.4, 0.5) is 17.6 Å². The Bertz CT molecular complexity index is 204. The first-order chi connectivity index (χ1) is 6.29. The Hall–Kier alpha value is -0.850. The van der Waals surface area contributed by atoms with Crippen molar-refractivity contribution in [3.63, 3.8) is 0 Å². The van der Waals surface area contributed by atoms with Gasteiger partial charge < -0.3 is 9.47 Å². The van der Waals surface area contributed by atoms with E-state index in [2.05, 4.69) is 9.47 Å². The van der Waals surface area contributed by atoms with Crippen LogP contribution in [0.25, 0.3) is 0 Å². The molecule has 0 N–H and O–H groups in total. The summed E-state index contributed by atoms with van der Waals surface area (Å²) in [7, 11) is 0. The summed E-state index contributed by atoms with van der Waals surface area (Å²) < 4.78 is 56.9. The Morgan fingerprint density at radius 1 is 1.14 bits per heavy atom. The van der Waals surface area contributed by atoms with E-state index in [-0.39, 0.29) is 6.61 Å². The number of carbonyl (C=O) groups is 1. The molecule has 0 heterocycles. The number of alkyl halides is 4. The van der Waals surface area contributed by atoms with Crippen LogP contribution in [0, 0.1) is 0 Å². The van der Waals surface area contributed by atoms with Crippen molar-refractivity contribution in [2.45, 2.75) is 25.9 Å². The molecular formula is C7H10F4O3. The van der Waals surface area contributed by atoms with Crippen molar-refractivity contribution in [2.24, 2.45) is 0 Å². The van der Waals surface area contributed by atoms with Crippen LogP contribution >= 0.6 is 0 Å². The Morgan fingerprint density at radius 2 is 1.64 bits per heavy atom. The van der Waals surface area contributed by atoms with Gasteiger partial charge in [0.1, 0.15) is 0 Å². The number of halogens is 4. The zero-order valence-electron chi connectivity index (χ0n) is 7.65. The first-order valence-electron chi connectivity index (χ1n) is 3.86. The molecule has 0 aromatic heterocycles. The maximum Gasteiger partial charge on any atom is 0.460 e. The van der Waals surface area contributed by atoms with Gasteiger partial charge in [0, 0.05) is 6.61 Å². The van der Waals surface area contributed by atoms with Crippen LogP contribution in [-0.4, -0.2) is 31.2 Å². The van der Waals surface area contributed by atoms with Crippen molar-refractivity contribution in [1.29, 1.82) is 0 Å². The average Bonchev–Trinajstić information content (AvgIpc) is 2.03. The lowest BCUT2D eigenvalue weighted by Crippen LogP contribution is -2.51. The molecule has 0 amide bonds. The van der Waals surface area contributed by atoms with E-state index < -0.39 is 24.6 Å². The van der Waals surface area contributed by atoms with Crippen LogP contribution in [0.5, 0.6) is 0 Å². The summed E-state index contributed by atoms with van der Waals surface area (Å²) in [5.41, 5.74) is 0. The van der Waals surface area contributed by atoms with Gasteiger partial charge in [0.05, 0.1) is 6.61 Å². The van der Waals surface area contributed by atoms with Gasteiger partial charge in [-0.25, -0.2) is 4.79 Å². The summed E-state index contributed by atoms with van der Waals surface area (Å²) in [4.78, 5) is 10.7. The van der Waals surface area contributed by atoms with Gasteiger partial charge in [-0.15, -0.1) is 0 Å². The maximum atomic E-state index is 13.1. The third kappa shape index (κ3) is 2.57. The van der Waals surface area contributed by atoms with Gasteiger partial charge in [0.25, 0.3) is 0 Å². The van der Waals surface area contributed by atoms with Crippen molar-refractivity contribution in [2.75, 3.05) is 13.2 Å². The molecule has 0 unspecified atom stereocenters. The molecule has 0 aliphatic heterocycles. The largest absolute Gasteiger partial charge is 0.462 e. The SMILES string of the molecule is CCOC(=O)[C@](F)(OCC)C(F)(F)F. The maximum absolute atomic E-state index is 13.1. The first-order valence-corrected chi connectivity index (χ1v) is 3.86. The fraction of sp³-hybridized carbons (Fsp3) is 0.857. The molecule has 0 saturated heterocycles. The second-order valence-corrected chi connectivity index (χ2v) is 2.25. The number of ether oxygens (including phenoxy) is 2. The molecule has 0 spiro atoms. The molecular weight excluding hydrogens is 208 g/mol. The smallest absolute Gasteiger partial charge is 0.460 e. The van der Waals surface area contributed by atoms with Crippen molar-refractivity contribution in [3.8, 4) is 0 Å². The minimum absolute atomic E-state index is 0.354. The number of hydrogen-bond donors (Lipinski definition) is 0. The molecule has 1 atom stereocenters. The van der Waals surface area contributed by atoms with E-state index in [1.54, 1.807) is 0 Å². The molecule has 7 heteroatoms. The molecule has 0 bridgehead atoms. The Morgan fingerprint density at radius 3 is 1.93 bits per heavy atom. The highest BCUT2D eigenvalue weighted by Gasteiger charge is 2.65. The summed E-state index contributed by atoms with van der Waals surface area (Å²) in [5, 5.41) is 0. The van der Waals surface area contributed by atoms with Crippen LogP contribution in [0.3, 0.4) is 0 Å². The molecule has 14 heavy (non-hydrogen) atoms. The molecule has 0 aliphatic rings. The van der Waals surface area contributed by atoms with Crippen LogP contribution in [0.15, 0.2) is 0 Å². The van der Waals surface area contributed by atoms with E-state index >= 15 is 0 Å². The van der Waals surface area contributed by atoms with Gasteiger partial charge in [-0.05, 0) is 13.8 Å². The second kappa shape index (κ2) is 4.59. The molecule has 0 aromatic carbocycles. The first kappa shape index (κ1) is 13.2. The Labute approximate surface area is 78.0 Å². The summed E-state index contributed by atoms with van der Waals surface area (Å²) in [6, 6.07) is 0. The summed E-state index contributed by atoms with van der Waals surface area (Å²) in [6.45, 7) is 1.46. The minimum atomic E-state index is -5.44. The molecule has 0 radical (unpaired) electrons. The predicted octanol–water partition coefficient (Wildman–Crippen LogP) is 1.81. The lowest BCUT2D eigenvalue weighted by Gasteiger charge is -2.24. The lowest BCUT2D eigenvalue weighted by atomic mass is 10.3. The van der Waals surface area contributed by atoms with E-state index in [1.807, 2.05) is 0 Å². The predicted molar refractivity (Wildman–Crippen MR) is 38.2 cm³/mol. The van der Waals surface area contributed by atoms with Gasteiger partial charge in [-0.1, -0.05) is 0 Å². The van der Waals surface area contributed by atoms with Crippen molar-refractivity contribution in [1.82, 2.24) is 0 Å². The van der Waals surface area contributed by atoms with Gasteiger partial charge in [0.15, 0.2) is 0 Å². The number of hydrogen-bond acceptors (Lipinski definition) is 3. The third-order valence-electron chi connectivity index (χ3n) is 1.25. The number of rotatable bonds is 4. The zero-order chi connectivity index (χ0) is 11.4. The van der Waals surface area contributed by atoms with E-state index in [0.717, 1.165) is 6.92 Å². The monoisotopic (exact) mass is 218 g/mol. The van der Waals surface area contributed by atoms with Crippen molar-refractivity contribution < 1.29 is 31.8 Å². The van der Waals surface area contributed by atoms with Crippen LogP contribution in [0.2, 0.25) is 0 Å². The molecule has 0 rings (SSSR count). The molecule has 0 saturated carbocycles. The van der Waals surface area contributed by atoms with Crippen LogP contribution in [-0.2, 0) is 14.3 Å². The summed E-state index contributed by atoms with van der Waals surface area (Å²) in [5.74, 6) is -6.44. The van der Waals surface area contributed by atoms with Gasteiger partial charge in [0.2, 0.25) is 0 Å². The lowest BCUT2D eigenvalue weighted by molar-refractivity contribution is -0.322. The minimum Gasteiger partial charge on any atom is -0.462 e. The van der Waals surface area contributed by atoms with E-state index in [0.29, 0.717) is 0 Å². The molecule has 3 nitrogen and oxygen atoms in total. The van der Waals surface area contributed by atoms with Gasteiger partial charge in [-0.2, -0.15) is 17.6 Å². The zero-order valence-corrected chi connectivity index (χ0v) is 7.65. The molecule has 0 fully saturated rings. The normalized spacial score (nSPS) is 16.1. The quantitative estimate of drug-likeness (QED) is 0.533. The van der Waals surface area contributed by atoms with Gasteiger partial charge in [-0.3, -0.25) is 0 Å². The summed E-state index contributed by atoms with van der Waals surface area (Å²) >= 11 is 0. The Balaban J connectivity index is 4.80. The van der Waals surface area contributed by atoms with E-state index in [9.17, 15) is 22.4 Å². The molecule has 0 aliphatic carbocycles. The topological polar surface area (TPSA) is 35.5 Å². The highest BCUT2D eigenvalue weighted by molar-refractivity contribution is 5.78. The van der Waals surface area contributed by atoms with Crippen molar-refractivity contribution in [3.05, 3.63) is 0 Å². The highest BCUT2D eigenvalue weighted by Crippen LogP contribution is 2.36. The standard InChI is InChI=1S/C7H10F4O3/c1-3-13-5(12)6(8,14-4-2)7(9,10)11/h3-4H2,1-2H3/t6-/m0/s1. The number of carbonyl (C=O) groups excluding carboxylic acids is 1. The average molecular weight is 218 g/mol. The highest BCUT2D eigenvalue weighted by atomic mass is 19.4. The second-order valence-electron chi connectivity index (χ2n) is 2.25. The number of esters is 1. The van der Waals surface area contributed by atoms with E-state index in [1.165, 1.54) is 6.92 Å². The van der Waals surface area contributed by atoms with E-state index in [4.69, 9.17) is 0 Å². The Kier molecular flexibility index (Phi) is 4.31. The van der Waals surface area contributed by atoms with Crippen molar-refractivity contribution >= 4 is 5.97 Å². The summed E-state index contributed by atoms with van der Waals surface area (Å²) in [6.07, 6.45) is -5.44. The fourth-order valence-electron chi connectivity index (χ4n) is 0.679. The molecule has 0 aromatic rings. The van der Waals surface area contributed by atoms with Gasteiger partial charge >= 0.3 is 18.0 Å². The third-order valence-corrected chi connectivity index (χ3v) is 1.25. The van der Waals surface area contributed by atoms with Crippen LogP contribution in [0.1, 0.15) is 13.8 Å². The molecule has 84 valence electrons.